The van der Waals surface area contributed by atoms with E-state index in [9.17, 15) is 8.42 Å². The minimum atomic E-state index is -3.43. The van der Waals surface area contributed by atoms with Crippen LogP contribution in [0.2, 0.25) is 0 Å². The molecule has 6 nitrogen and oxygen atoms in total. The number of halogens is 1. The fraction of sp³-hybridized carbons (Fsp3) is 0.667. The SMILES string of the molecule is Cl.O=S(=O)(c1ccc(OCCCN2CCCCC2)cc1)N1CCOCC1. The van der Waals surface area contributed by atoms with Gasteiger partial charge in [0.2, 0.25) is 10.0 Å². The third-order valence-corrected chi connectivity index (χ3v) is 6.68. The van der Waals surface area contributed by atoms with E-state index >= 15 is 0 Å². The number of piperidine rings is 1. The maximum absolute atomic E-state index is 12.6. The molecule has 0 radical (unpaired) electrons. The van der Waals surface area contributed by atoms with E-state index in [0.29, 0.717) is 37.8 Å². The zero-order valence-corrected chi connectivity index (χ0v) is 16.8. The minimum absolute atomic E-state index is 0. The number of nitrogens with zero attached hydrogens (tertiary/aromatic N) is 2. The maximum Gasteiger partial charge on any atom is 0.243 e. The lowest BCUT2D eigenvalue weighted by atomic mass is 10.1. The van der Waals surface area contributed by atoms with Crippen molar-refractivity contribution in [3.05, 3.63) is 24.3 Å². The molecule has 0 spiro atoms. The quantitative estimate of drug-likeness (QED) is 0.653. The summed E-state index contributed by atoms with van der Waals surface area (Å²) in [6.07, 6.45) is 4.96. The highest BCUT2D eigenvalue weighted by Gasteiger charge is 2.26. The molecule has 0 aliphatic carbocycles. The lowest BCUT2D eigenvalue weighted by molar-refractivity contribution is 0.0730. The van der Waals surface area contributed by atoms with Gasteiger partial charge >= 0.3 is 0 Å². The van der Waals surface area contributed by atoms with E-state index in [1.54, 1.807) is 24.3 Å². The van der Waals surface area contributed by atoms with E-state index in [2.05, 4.69) is 4.90 Å². The molecule has 2 saturated heterocycles. The van der Waals surface area contributed by atoms with Gasteiger partial charge in [0.1, 0.15) is 5.75 Å². The second-order valence-corrected chi connectivity index (χ2v) is 8.53. The second-order valence-electron chi connectivity index (χ2n) is 6.59. The van der Waals surface area contributed by atoms with Crippen molar-refractivity contribution in [1.82, 2.24) is 9.21 Å². The van der Waals surface area contributed by atoms with Gasteiger partial charge in [-0.05, 0) is 56.6 Å². The van der Waals surface area contributed by atoms with Crippen LogP contribution in [0.3, 0.4) is 0 Å². The summed E-state index contributed by atoms with van der Waals surface area (Å²) < 4.78 is 37.6. The van der Waals surface area contributed by atoms with Crippen LogP contribution in [0, 0.1) is 0 Å². The number of hydrogen-bond donors (Lipinski definition) is 0. The Kier molecular flexibility index (Phi) is 8.63. The van der Waals surface area contributed by atoms with Gasteiger partial charge in [-0.3, -0.25) is 0 Å². The smallest absolute Gasteiger partial charge is 0.243 e. The van der Waals surface area contributed by atoms with Gasteiger partial charge in [-0.25, -0.2) is 8.42 Å². The molecular weight excluding hydrogens is 376 g/mol. The Hall–Kier alpha value is -0.860. The molecule has 148 valence electrons. The van der Waals surface area contributed by atoms with E-state index < -0.39 is 10.0 Å². The Morgan fingerprint density at radius 3 is 2.27 bits per heavy atom. The summed E-state index contributed by atoms with van der Waals surface area (Å²) in [5.41, 5.74) is 0. The molecule has 3 rings (SSSR count). The minimum Gasteiger partial charge on any atom is -0.494 e. The molecule has 0 atom stereocenters. The molecule has 26 heavy (non-hydrogen) atoms. The lowest BCUT2D eigenvalue weighted by Gasteiger charge is -2.26. The normalized spacial score (nSPS) is 19.7. The predicted molar refractivity (Wildman–Crippen MR) is 104 cm³/mol. The molecule has 0 bridgehead atoms. The standard InChI is InChI=1S/C18H28N2O4S.ClH/c21-25(22,20-12-15-23-16-13-20)18-7-5-17(6-8-18)24-14-4-11-19-9-2-1-3-10-19;/h5-8H,1-4,9-16H2;1H. The third kappa shape index (κ3) is 5.82. The van der Waals surface area contributed by atoms with Crippen LogP contribution in [0.25, 0.3) is 0 Å². The van der Waals surface area contributed by atoms with Crippen molar-refractivity contribution in [3.8, 4) is 5.75 Å². The number of benzene rings is 1. The van der Waals surface area contributed by atoms with Gasteiger partial charge in [0.25, 0.3) is 0 Å². The van der Waals surface area contributed by atoms with E-state index in [1.165, 1.54) is 36.7 Å². The molecule has 0 saturated carbocycles. The predicted octanol–water partition coefficient (Wildman–Crippen LogP) is 2.38. The molecule has 2 aliphatic heterocycles. The van der Waals surface area contributed by atoms with Crippen molar-refractivity contribution >= 4 is 22.4 Å². The van der Waals surface area contributed by atoms with Crippen LogP contribution in [-0.2, 0) is 14.8 Å². The first kappa shape index (κ1) is 21.4. The topological polar surface area (TPSA) is 59.1 Å². The summed E-state index contributed by atoms with van der Waals surface area (Å²) in [4.78, 5) is 2.81. The molecule has 8 heteroatoms. The van der Waals surface area contributed by atoms with Crippen LogP contribution < -0.4 is 4.74 Å². The van der Waals surface area contributed by atoms with E-state index in [4.69, 9.17) is 9.47 Å². The Balaban J connectivity index is 0.00000243. The Labute approximate surface area is 162 Å². The average Bonchev–Trinajstić information content (AvgIpc) is 2.67. The van der Waals surface area contributed by atoms with Crippen molar-refractivity contribution in [2.24, 2.45) is 0 Å². The molecular formula is C18H29ClN2O4S. The number of hydrogen-bond acceptors (Lipinski definition) is 5. The van der Waals surface area contributed by atoms with Crippen molar-refractivity contribution in [2.75, 3.05) is 52.5 Å². The maximum atomic E-state index is 12.6. The van der Waals surface area contributed by atoms with Gasteiger partial charge < -0.3 is 14.4 Å². The number of sulfonamides is 1. The molecule has 0 N–H and O–H groups in total. The lowest BCUT2D eigenvalue weighted by Crippen LogP contribution is -2.40. The van der Waals surface area contributed by atoms with Crippen LogP contribution in [0.5, 0.6) is 5.75 Å². The zero-order valence-electron chi connectivity index (χ0n) is 15.1. The molecule has 2 fully saturated rings. The Morgan fingerprint density at radius 1 is 0.962 bits per heavy atom. The first-order chi connectivity index (χ1) is 12.2. The highest BCUT2D eigenvalue weighted by atomic mass is 35.5. The Morgan fingerprint density at radius 2 is 1.62 bits per heavy atom. The molecule has 0 unspecified atom stereocenters. The van der Waals surface area contributed by atoms with E-state index in [0.717, 1.165) is 18.7 Å². The van der Waals surface area contributed by atoms with Gasteiger partial charge in [-0.15, -0.1) is 12.4 Å². The van der Waals surface area contributed by atoms with Crippen molar-refractivity contribution in [2.45, 2.75) is 30.6 Å². The van der Waals surface area contributed by atoms with Crippen LogP contribution >= 0.6 is 12.4 Å². The first-order valence-electron chi connectivity index (χ1n) is 9.19. The van der Waals surface area contributed by atoms with Gasteiger partial charge in [0.05, 0.1) is 24.7 Å². The summed E-state index contributed by atoms with van der Waals surface area (Å²) in [6.45, 7) is 5.88. The number of rotatable bonds is 7. The second kappa shape index (κ2) is 10.5. The average molecular weight is 405 g/mol. The van der Waals surface area contributed by atoms with Crippen LogP contribution in [0.15, 0.2) is 29.2 Å². The van der Waals surface area contributed by atoms with Crippen LogP contribution in [-0.4, -0.2) is 70.2 Å². The summed E-state index contributed by atoms with van der Waals surface area (Å²) in [5, 5.41) is 0. The van der Waals surface area contributed by atoms with Gasteiger partial charge in [-0.2, -0.15) is 4.31 Å². The monoisotopic (exact) mass is 404 g/mol. The molecule has 0 amide bonds. The third-order valence-electron chi connectivity index (χ3n) is 4.77. The van der Waals surface area contributed by atoms with E-state index in [-0.39, 0.29) is 12.4 Å². The van der Waals surface area contributed by atoms with Crippen molar-refractivity contribution < 1.29 is 17.9 Å². The van der Waals surface area contributed by atoms with Gasteiger partial charge in [0.15, 0.2) is 0 Å². The van der Waals surface area contributed by atoms with Crippen LogP contribution in [0.1, 0.15) is 25.7 Å². The molecule has 2 aliphatic rings. The summed E-state index contributed by atoms with van der Waals surface area (Å²) >= 11 is 0. The largest absolute Gasteiger partial charge is 0.494 e. The fourth-order valence-electron chi connectivity index (χ4n) is 3.31. The number of ether oxygens (including phenoxy) is 2. The molecule has 2 heterocycles. The van der Waals surface area contributed by atoms with Gasteiger partial charge in [0, 0.05) is 19.6 Å². The van der Waals surface area contributed by atoms with Crippen molar-refractivity contribution in [1.29, 1.82) is 0 Å². The molecule has 1 aromatic rings. The Bertz CT molecular complexity index is 627. The number of morpholine rings is 1. The van der Waals surface area contributed by atoms with Gasteiger partial charge in [-0.1, -0.05) is 6.42 Å². The van der Waals surface area contributed by atoms with Crippen LogP contribution in [0.4, 0.5) is 0 Å². The van der Waals surface area contributed by atoms with E-state index in [1.807, 2.05) is 0 Å². The zero-order chi connectivity index (χ0) is 17.5. The van der Waals surface area contributed by atoms with Crippen molar-refractivity contribution in [3.63, 3.8) is 0 Å². The summed E-state index contributed by atoms with van der Waals surface area (Å²) in [5.74, 6) is 0.722. The molecule has 0 aromatic heterocycles. The first-order valence-corrected chi connectivity index (χ1v) is 10.6. The number of likely N-dealkylation sites (tertiary alicyclic amines) is 1. The highest BCUT2D eigenvalue weighted by molar-refractivity contribution is 7.89. The molecule has 1 aromatic carbocycles. The fourth-order valence-corrected chi connectivity index (χ4v) is 4.71. The summed E-state index contributed by atoms with van der Waals surface area (Å²) in [7, 11) is -3.43. The summed E-state index contributed by atoms with van der Waals surface area (Å²) in [6, 6.07) is 6.75. The highest BCUT2D eigenvalue weighted by Crippen LogP contribution is 2.20.